The first-order chi connectivity index (χ1) is 11.5. The van der Waals surface area contributed by atoms with Gasteiger partial charge in [0.2, 0.25) is 11.8 Å². The molecule has 1 aromatic carbocycles. The van der Waals surface area contributed by atoms with Crippen molar-refractivity contribution in [2.24, 2.45) is 5.92 Å². The molecule has 0 spiro atoms. The van der Waals surface area contributed by atoms with Gasteiger partial charge in [-0.3, -0.25) is 9.59 Å². The Balaban J connectivity index is 1.98. The lowest BCUT2D eigenvalue weighted by atomic mass is 10.1. The number of halogens is 6. The van der Waals surface area contributed by atoms with E-state index in [1.807, 2.05) is 0 Å². The number of likely N-dealkylation sites (tertiary alicyclic amines) is 1. The number of alkyl halides is 6. The van der Waals surface area contributed by atoms with Gasteiger partial charge in [-0.15, -0.1) is 0 Å². The van der Waals surface area contributed by atoms with Gasteiger partial charge in [-0.05, 0) is 17.7 Å². The molecular formula is C15H14F6N2O2. The second kappa shape index (κ2) is 6.93. The summed E-state index contributed by atoms with van der Waals surface area (Å²) in [5, 5.41) is 1.71. The van der Waals surface area contributed by atoms with Crippen molar-refractivity contribution in [1.29, 1.82) is 0 Å². The van der Waals surface area contributed by atoms with E-state index in [-0.39, 0.29) is 25.1 Å². The van der Waals surface area contributed by atoms with Crippen LogP contribution in [0.15, 0.2) is 24.3 Å². The highest BCUT2D eigenvalue weighted by atomic mass is 19.4. The molecule has 25 heavy (non-hydrogen) atoms. The van der Waals surface area contributed by atoms with Gasteiger partial charge in [-0.25, -0.2) is 0 Å². The average Bonchev–Trinajstić information content (AvgIpc) is 2.85. The van der Waals surface area contributed by atoms with Crippen LogP contribution in [0.2, 0.25) is 0 Å². The van der Waals surface area contributed by atoms with Crippen molar-refractivity contribution in [3.63, 3.8) is 0 Å². The maximum atomic E-state index is 12.7. The van der Waals surface area contributed by atoms with E-state index in [1.54, 1.807) is 5.32 Å². The van der Waals surface area contributed by atoms with Crippen LogP contribution < -0.4 is 5.32 Å². The lowest BCUT2D eigenvalue weighted by Crippen LogP contribution is -2.38. The van der Waals surface area contributed by atoms with Crippen molar-refractivity contribution in [2.45, 2.75) is 25.3 Å². The Morgan fingerprint density at radius 3 is 2.48 bits per heavy atom. The number of nitrogens with one attached hydrogen (secondary N) is 1. The fourth-order valence-electron chi connectivity index (χ4n) is 2.50. The van der Waals surface area contributed by atoms with E-state index in [0.29, 0.717) is 0 Å². The summed E-state index contributed by atoms with van der Waals surface area (Å²) in [6.07, 6.45) is -9.36. The molecule has 0 unspecified atom stereocenters. The Hall–Kier alpha value is -2.26. The normalized spacial score (nSPS) is 18.6. The number of hydrogen-bond donors (Lipinski definition) is 1. The van der Waals surface area contributed by atoms with Gasteiger partial charge >= 0.3 is 12.4 Å². The minimum atomic E-state index is -4.56. The molecule has 0 aliphatic carbocycles. The lowest BCUT2D eigenvalue weighted by molar-refractivity contribution is -0.140. The number of rotatable bonds is 4. The predicted molar refractivity (Wildman–Crippen MR) is 74.0 cm³/mol. The highest BCUT2D eigenvalue weighted by Gasteiger charge is 2.36. The molecule has 1 heterocycles. The zero-order valence-corrected chi connectivity index (χ0v) is 12.7. The minimum absolute atomic E-state index is 0.140. The third kappa shape index (κ3) is 5.36. The van der Waals surface area contributed by atoms with Gasteiger partial charge < -0.3 is 10.2 Å². The molecule has 2 amide bonds. The summed E-state index contributed by atoms with van der Waals surface area (Å²) in [6, 6.07) is 4.39. The molecule has 1 N–H and O–H groups in total. The number of benzene rings is 1. The van der Waals surface area contributed by atoms with E-state index < -0.39 is 42.2 Å². The van der Waals surface area contributed by atoms with Crippen molar-refractivity contribution in [3.8, 4) is 0 Å². The van der Waals surface area contributed by atoms with Crippen molar-refractivity contribution in [1.82, 2.24) is 10.2 Å². The summed E-state index contributed by atoms with van der Waals surface area (Å²) in [7, 11) is 0. The van der Waals surface area contributed by atoms with Gasteiger partial charge in [-0.1, -0.05) is 12.1 Å². The number of carbonyl (C=O) groups excluding carboxylic acids is 2. The maximum absolute atomic E-state index is 12.7. The first kappa shape index (κ1) is 19.1. The summed E-state index contributed by atoms with van der Waals surface area (Å²) in [4.78, 5) is 24.7. The van der Waals surface area contributed by atoms with Crippen LogP contribution in [0.1, 0.15) is 17.5 Å². The van der Waals surface area contributed by atoms with E-state index >= 15 is 0 Å². The molecule has 1 saturated heterocycles. The minimum Gasteiger partial charge on any atom is -0.347 e. The van der Waals surface area contributed by atoms with Crippen molar-refractivity contribution in [2.75, 3.05) is 13.1 Å². The van der Waals surface area contributed by atoms with Crippen LogP contribution in [-0.2, 0) is 22.3 Å². The molecule has 0 aromatic heterocycles. The zero-order valence-electron chi connectivity index (χ0n) is 12.7. The second-order valence-corrected chi connectivity index (χ2v) is 5.71. The van der Waals surface area contributed by atoms with Crippen LogP contribution in [0.5, 0.6) is 0 Å². The molecule has 4 nitrogen and oxygen atoms in total. The van der Waals surface area contributed by atoms with Gasteiger partial charge in [0.25, 0.3) is 0 Å². The lowest BCUT2D eigenvalue weighted by Gasteiger charge is -2.18. The van der Waals surface area contributed by atoms with Crippen LogP contribution in [0.4, 0.5) is 26.3 Å². The van der Waals surface area contributed by atoms with Gasteiger partial charge in [0.15, 0.2) is 0 Å². The number of hydrogen-bond acceptors (Lipinski definition) is 2. The molecule has 2 rings (SSSR count). The van der Waals surface area contributed by atoms with Crippen LogP contribution in [0, 0.1) is 5.92 Å². The molecule has 1 fully saturated rings. The molecule has 0 bridgehead atoms. The highest BCUT2D eigenvalue weighted by Crippen LogP contribution is 2.30. The predicted octanol–water partition coefficient (Wildman–Crippen LogP) is 2.73. The van der Waals surface area contributed by atoms with E-state index in [1.165, 1.54) is 12.1 Å². The maximum Gasteiger partial charge on any atom is 0.416 e. The first-order valence-electron chi connectivity index (χ1n) is 7.24. The second-order valence-electron chi connectivity index (χ2n) is 5.71. The highest BCUT2D eigenvalue weighted by molar-refractivity contribution is 5.89. The monoisotopic (exact) mass is 368 g/mol. The summed E-state index contributed by atoms with van der Waals surface area (Å²) in [5.41, 5.74) is -0.643. The van der Waals surface area contributed by atoms with Gasteiger partial charge in [0.05, 0.1) is 11.5 Å². The molecule has 1 aromatic rings. The van der Waals surface area contributed by atoms with Crippen molar-refractivity contribution >= 4 is 11.8 Å². The zero-order chi connectivity index (χ0) is 18.8. The molecule has 10 heteroatoms. The number of nitrogens with zero attached hydrogens (tertiary/aromatic N) is 1. The fraction of sp³-hybridized carbons (Fsp3) is 0.467. The Labute approximate surface area is 138 Å². The summed E-state index contributed by atoms with van der Waals surface area (Å²) < 4.78 is 74.3. The SMILES string of the molecule is O=C(NCC(F)(F)F)[C@@H]1CC(=O)N(Cc2cccc(C(F)(F)F)c2)C1. The number of carbonyl (C=O) groups is 2. The third-order valence-electron chi connectivity index (χ3n) is 3.68. The van der Waals surface area contributed by atoms with E-state index in [0.717, 1.165) is 17.0 Å². The first-order valence-corrected chi connectivity index (χ1v) is 7.24. The molecule has 0 radical (unpaired) electrons. The quantitative estimate of drug-likeness (QED) is 0.831. The summed E-state index contributed by atoms with van der Waals surface area (Å²) in [5.74, 6) is -2.36. The van der Waals surface area contributed by atoms with Crippen LogP contribution in [-0.4, -0.2) is 36.0 Å². The number of amides is 2. The topological polar surface area (TPSA) is 49.4 Å². The molecule has 0 saturated carbocycles. The molecular weight excluding hydrogens is 354 g/mol. The molecule has 1 aliphatic rings. The largest absolute Gasteiger partial charge is 0.416 e. The van der Waals surface area contributed by atoms with Crippen LogP contribution >= 0.6 is 0 Å². The van der Waals surface area contributed by atoms with Gasteiger partial charge in [0, 0.05) is 19.5 Å². The van der Waals surface area contributed by atoms with Crippen LogP contribution in [0.25, 0.3) is 0 Å². The average molecular weight is 368 g/mol. The Morgan fingerprint density at radius 2 is 1.88 bits per heavy atom. The summed E-state index contributed by atoms with van der Waals surface area (Å²) in [6.45, 7) is -1.78. The van der Waals surface area contributed by atoms with Crippen molar-refractivity contribution in [3.05, 3.63) is 35.4 Å². The third-order valence-corrected chi connectivity index (χ3v) is 3.68. The Kier molecular flexibility index (Phi) is 5.28. The Bertz CT molecular complexity index is 656. The van der Waals surface area contributed by atoms with Crippen molar-refractivity contribution < 1.29 is 35.9 Å². The van der Waals surface area contributed by atoms with E-state index in [2.05, 4.69) is 0 Å². The summed E-state index contributed by atoms with van der Waals surface area (Å²) >= 11 is 0. The molecule has 138 valence electrons. The standard InChI is InChI=1S/C15H14F6N2O2/c16-14(17,18)8-22-13(25)10-5-12(24)23(7-10)6-9-2-1-3-11(4-9)15(19,20)21/h1-4,10H,5-8H2,(H,22,25)/t10-/m1/s1. The van der Waals surface area contributed by atoms with E-state index in [4.69, 9.17) is 0 Å². The van der Waals surface area contributed by atoms with Crippen LogP contribution in [0.3, 0.4) is 0 Å². The molecule has 1 aliphatic heterocycles. The fourth-order valence-corrected chi connectivity index (χ4v) is 2.50. The molecule has 1 atom stereocenters. The van der Waals surface area contributed by atoms with Gasteiger partial charge in [0.1, 0.15) is 6.54 Å². The van der Waals surface area contributed by atoms with E-state index in [9.17, 15) is 35.9 Å². The Morgan fingerprint density at radius 1 is 1.20 bits per heavy atom. The van der Waals surface area contributed by atoms with Gasteiger partial charge in [-0.2, -0.15) is 26.3 Å². The smallest absolute Gasteiger partial charge is 0.347 e.